The Balaban J connectivity index is 4.05. The minimum atomic E-state index is -1.48. The molecular formula is C6H15NO4. The molecule has 0 fully saturated rings. The van der Waals surface area contributed by atoms with Crippen LogP contribution < -0.4 is 5.73 Å². The molecule has 11 heavy (non-hydrogen) atoms. The maximum Gasteiger partial charge on any atom is 0.413 e. The molecule has 0 aromatic heterocycles. The van der Waals surface area contributed by atoms with Gasteiger partial charge in [-0.25, -0.2) is 0 Å². The summed E-state index contributed by atoms with van der Waals surface area (Å²) in [6.45, 7) is 1.64. The Morgan fingerprint density at radius 3 is 1.55 bits per heavy atom. The molecule has 0 aliphatic rings. The van der Waals surface area contributed by atoms with Gasteiger partial charge in [-0.3, -0.25) is 4.74 Å². The van der Waals surface area contributed by atoms with Crippen molar-refractivity contribution in [3.05, 3.63) is 0 Å². The van der Waals surface area contributed by atoms with Gasteiger partial charge in [0.2, 0.25) is 0 Å². The normalized spacial score (nSPS) is 15.0. The van der Waals surface area contributed by atoms with E-state index in [-0.39, 0.29) is 0 Å². The highest BCUT2D eigenvalue weighted by atomic mass is 17.0. The van der Waals surface area contributed by atoms with Crippen LogP contribution in [0.15, 0.2) is 0 Å². The SMILES string of the molecule is COC(OC)(OC)OC(C)N. The van der Waals surface area contributed by atoms with E-state index in [4.69, 9.17) is 24.7 Å². The van der Waals surface area contributed by atoms with Crippen LogP contribution in [0.2, 0.25) is 0 Å². The van der Waals surface area contributed by atoms with Gasteiger partial charge in [0.05, 0.1) is 0 Å². The molecule has 0 spiro atoms. The summed E-state index contributed by atoms with van der Waals surface area (Å²) >= 11 is 0. The van der Waals surface area contributed by atoms with Crippen molar-refractivity contribution in [1.29, 1.82) is 0 Å². The van der Waals surface area contributed by atoms with Crippen molar-refractivity contribution >= 4 is 0 Å². The molecule has 0 rings (SSSR count). The van der Waals surface area contributed by atoms with Crippen molar-refractivity contribution in [1.82, 2.24) is 0 Å². The Labute approximate surface area is 66.4 Å². The predicted molar refractivity (Wildman–Crippen MR) is 38.5 cm³/mol. The quantitative estimate of drug-likeness (QED) is 0.574. The Kier molecular flexibility index (Phi) is 4.55. The minimum absolute atomic E-state index is 0.519. The second kappa shape index (κ2) is 4.63. The Morgan fingerprint density at radius 2 is 1.45 bits per heavy atom. The summed E-state index contributed by atoms with van der Waals surface area (Å²) in [7, 11) is 4.19. The average molecular weight is 165 g/mol. The molecule has 2 N–H and O–H groups in total. The van der Waals surface area contributed by atoms with Gasteiger partial charge in [-0.15, -0.1) is 0 Å². The highest BCUT2D eigenvalue weighted by Crippen LogP contribution is 2.14. The van der Waals surface area contributed by atoms with E-state index < -0.39 is 12.4 Å². The van der Waals surface area contributed by atoms with Gasteiger partial charge in [-0.1, -0.05) is 0 Å². The van der Waals surface area contributed by atoms with Crippen molar-refractivity contribution in [3.63, 3.8) is 0 Å². The molecule has 0 aliphatic heterocycles. The average Bonchev–Trinajstić information content (AvgIpc) is 2.00. The van der Waals surface area contributed by atoms with Crippen LogP contribution in [0.3, 0.4) is 0 Å². The Hall–Kier alpha value is -0.200. The molecule has 68 valence electrons. The van der Waals surface area contributed by atoms with Gasteiger partial charge in [0.1, 0.15) is 6.23 Å². The molecule has 0 saturated carbocycles. The maximum absolute atomic E-state index is 5.34. The topological polar surface area (TPSA) is 62.9 Å². The van der Waals surface area contributed by atoms with Crippen molar-refractivity contribution in [3.8, 4) is 0 Å². The summed E-state index contributed by atoms with van der Waals surface area (Å²) < 4.78 is 19.4. The molecule has 0 heterocycles. The lowest BCUT2D eigenvalue weighted by molar-refractivity contribution is -0.487. The van der Waals surface area contributed by atoms with Crippen molar-refractivity contribution in [2.45, 2.75) is 19.3 Å². The van der Waals surface area contributed by atoms with Crippen LogP contribution in [0.4, 0.5) is 0 Å². The summed E-state index contributed by atoms with van der Waals surface area (Å²) in [5.41, 5.74) is 5.34. The lowest BCUT2D eigenvalue weighted by Gasteiger charge is -2.28. The van der Waals surface area contributed by atoms with Crippen LogP contribution >= 0.6 is 0 Å². The number of methoxy groups -OCH3 is 3. The van der Waals surface area contributed by atoms with Gasteiger partial charge in [0.15, 0.2) is 0 Å². The highest BCUT2D eigenvalue weighted by Gasteiger charge is 2.32. The summed E-state index contributed by atoms with van der Waals surface area (Å²) in [6, 6.07) is 0. The molecule has 1 unspecified atom stereocenters. The monoisotopic (exact) mass is 165 g/mol. The molecule has 0 saturated heterocycles. The minimum Gasteiger partial charge on any atom is -0.307 e. The summed E-state index contributed by atoms with van der Waals surface area (Å²) in [5.74, 6) is 0. The zero-order valence-corrected chi connectivity index (χ0v) is 7.29. The largest absolute Gasteiger partial charge is 0.413 e. The molecule has 5 nitrogen and oxygen atoms in total. The van der Waals surface area contributed by atoms with Crippen LogP contribution in [-0.2, 0) is 18.9 Å². The first-order valence-electron chi connectivity index (χ1n) is 3.19. The van der Waals surface area contributed by atoms with Crippen molar-refractivity contribution in [2.75, 3.05) is 21.3 Å². The fraction of sp³-hybridized carbons (Fsp3) is 1.00. The summed E-state index contributed by atoms with van der Waals surface area (Å²) in [5, 5.41) is 0. The van der Waals surface area contributed by atoms with Gasteiger partial charge in [-0.2, -0.15) is 0 Å². The van der Waals surface area contributed by atoms with Crippen molar-refractivity contribution in [2.24, 2.45) is 5.73 Å². The van der Waals surface area contributed by atoms with Crippen molar-refractivity contribution < 1.29 is 18.9 Å². The summed E-state index contributed by atoms with van der Waals surface area (Å²) in [6.07, 6.45) is -2.00. The van der Waals surface area contributed by atoms with E-state index in [2.05, 4.69) is 0 Å². The molecule has 1 atom stereocenters. The number of hydrogen-bond donors (Lipinski definition) is 1. The number of ether oxygens (including phenoxy) is 4. The van der Waals surface area contributed by atoms with Crippen LogP contribution in [0.25, 0.3) is 0 Å². The zero-order chi connectivity index (χ0) is 8.91. The van der Waals surface area contributed by atoms with Gasteiger partial charge in [0, 0.05) is 21.3 Å². The molecule has 0 aromatic carbocycles. The predicted octanol–water partition coefficient (Wildman–Crippen LogP) is -0.142. The number of nitrogens with two attached hydrogens (primary N) is 1. The smallest absolute Gasteiger partial charge is 0.307 e. The molecule has 0 aromatic rings. The second-order valence-electron chi connectivity index (χ2n) is 1.94. The first-order valence-corrected chi connectivity index (χ1v) is 3.19. The highest BCUT2D eigenvalue weighted by molar-refractivity contribution is 4.40. The maximum atomic E-state index is 5.34. The van der Waals surface area contributed by atoms with Crippen LogP contribution in [0.1, 0.15) is 6.92 Å². The molecule has 0 aliphatic carbocycles. The molecule has 0 radical (unpaired) electrons. The van der Waals surface area contributed by atoms with E-state index in [1.807, 2.05) is 0 Å². The first kappa shape index (κ1) is 10.8. The number of rotatable bonds is 5. The third-order valence-corrected chi connectivity index (χ3v) is 1.08. The van der Waals surface area contributed by atoms with E-state index in [0.29, 0.717) is 0 Å². The Bertz CT molecular complexity index is 94.5. The first-order chi connectivity index (χ1) is 5.10. The van der Waals surface area contributed by atoms with Crippen LogP contribution in [0, 0.1) is 0 Å². The summed E-state index contributed by atoms with van der Waals surface area (Å²) in [4.78, 5) is 0. The van der Waals surface area contributed by atoms with Gasteiger partial charge < -0.3 is 19.9 Å². The van der Waals surface area contributed by atoms with Crippen LogP contribution in [-0.4, -0.2) is 33.7 Å². The van der Waals surface area contributed by atoms with Gasteiger partial charge >= 0.3 is 6.16 Å². The van der Waals surface area contributed by atoms with E-state index in [1.165, 1.54) is 21.3 Å². The van der Waals surface area contributed by atoms with Gasteiger partial charge in [-0.05, 0) is 6.92 Å². The molecular weight excluding hydrogens is 150 g/mol. The third-order valence-electron chi connectivity index (χ3n) is 1.08. The lowest BCUT2D eigenvalue weighted by atomic mass is 10.7. The van der Waals surface area contributed by atoms with E-state index in [1.54, 1.807) is 6.92 Å². The standard InChI is InChI=1S/C6H15NO4/c1-5(7)11-6(8-2,9-3)10-4/h5H,7H2,1-4H3. The van der Waals surface area contributed by atoms with Gasteiger partial charge in [0.25, 0.3) is 0 Å². The molecule has 0 bridgehead atoms. The Morgan fingerprint density at radius 1 is 1.09 bits per heavy atom. The molecule has 0 amide bonds. The fourth-order valence-electron chi connectivity index (χ4n) is 0.622. The van der Waals surface area contributed by atoms with Crippen LogP contribution in [0.5, 0.6) is 0 Å². The van der Waals surface area contributed by atoms with E-state index in [0.717, 1.165) is 0 Å². The van der Waals surface area contributed by atoms with E-state index in [9.17, 15) is 0 Å². The number of hydrogen-bond acceptors (Lipinski definition) is 5. The fourth-order valence-corrected chi connectivity index (χ4v) is 0.622. The lowest BCUT2D eigenvalue weighted by Crippen LogP contribution is -2.44. The molecule has 5 heteroatoms. The zero-order valence-electron chi connectivity index (χ0n) is 7.29. The van der Waals surface area contributed by atoms with E-state index >= 15 is 0 Å². The second-order valence-corrected chi connectivity index (χ2v) is 1.94. The third kappa shape index (κ3) is 3.13.